The summed E-state index contributed by atoms with van der Waals surface area (Å²) < 4.78 is 5.27. The van der Waals surface area contributed by atoms with E-state index in [9.17, 15) is 0 Å². The van der Waals surface area contributed by atoms with Crippen LogP contribution in [0.1, 0.15) is 27.7 Å². The molecule has 0 bridgehead atoms. The standard InChI is InChI=1S/C10H18O/c1-9(2)6-5-7-11-8-10(3)4/h9-10H,7-8H2,1-4H3. The Balaban J connectivity index is 3.22. The van der Waals surface area contributed by atoms with E-state index in [1.165, 1.54) is 0 Å². The van der Waals surface area contributed by atoms with Crippen molar-refractivity contribution in [1.82, 2.24) is 0 Å². The average molecular weight is 154 g/mol. The highest BCUT2D eigenvalue weighted by molar-refractivity contribution is 5.01. The van der Waals surface area contributed by atoms with E-state index in [0.29, 0.717) is 18.4 Å². The van der Waals surface area contributed by atoms with Crippen LogP contribution >= 0.6 is 0 Å². The Morgan fingerprint density at radius 3 is 2.27 bits per heavy atom. The quantitative estimate of drug-likeness (QED) is 0.448. The Labute approximate surface area is 70.1 Å². The lowest BCUT2D eigenvalue weighted by Gasteiger charge is -2.01. The average Bonchev–Trinajstić information content (AvgIpc) is 1.85. The molecule has 0 amide bonds. The summed E-state index contributed by atoms with van der Waals surface area (Å²) in [5.41, 5.74) is 0. The minimum absolute atomic E-state index is 0.456. The first-order chi connectivity index (χ1) is 5.13. The van der Waals surface area contributed by atoms with Crippen LogP contribution in [-0.2, 0) is 4.74 Å². The summed E-state index contributed by atoms with van der Waals surface area (Å²) >= 11 is 0. The molecule has 0 aromatic rings. The lowest BCUT2D eigenvalue weighted by atomic mass is 10.2. The van der Waals surface area contributed by atoms with Gasteiger partial charge in [-0.2, -0.15) is 0 Å². The largest absolute Gasteiger partial charge is 0.369 e. The molecular formula is C10H18O. The molecule has 11 heavy (non-hydrogen) atoms. The Bertz CT molecular complexity index is 137. The molecule has 0 aromatic carbocycles. The van der Waals surface area contributed by atoms with Gasteiger partial charge in [0.25, 0.3) is 0 Å². The molecule has 0 fully saturated rings. The van der Waals surface area contributed by atoms with Crippen LogP contribution in [0.5, 0.6) is 0 Å². The monoisotopic (exact) mass is 154 g/mol. The van der Waals surface area contributed by atoms with Crippen molar-refractivity contribution in [3.05, 3.63) is 0 Å². The third kappa shape index (κ3) is 9.52. The molecule has 0 aliphatic carbocycles. The molecule has 0 atom stereocenters. The van der Waals surface area contributed by atoms with Crippen LogP contribution in [0, 0.1) is 23.7 Å². The van der Waals surface area contributed by atoms with E-state index >= 15 is 0 Å². The van der Waals surface area contributed by atoms with Crippen molar-refractivity contribution in [2.75, 3.05) is 13.2 Å². The maximum atomic E-state index is 5.27. The molecule has 0 spiro atoms. The van der Waals surface area contributed by atoms with E-state index in [1.54, 1.807) is 0 Å². The fourth-order valence-corrected chi connectivity index (χ4v) is 0.591. The van der Waals surface area contributed by atoms with E-state index in [-0.39, 0.29) is 0 Å². The van der Waals surface area contributed by atoms with Gasteiger partial charge < -0.3 is 4.74 Å². The zero-order chi connectivity index (χ0) is 8.69. The fourth-order valence-electron chi connectivity index (χ4n) is 0.591. The molecule has 1 heteroatoms. The topological polar surface area (TPSA) is 9.23 Å². The number of hydrogen-bond donors (Lipinski definition) is 0. The van der Waals surface area contributed by atoms with Crippen LogP contribution in [0.25, 0.3) is 0 Å². The van der Waals surface area contributed by atoms with Crippen molar-refractivity contribution >= 4 is 0 Å². The molecule has 64 valence electrons. The maximum Gasteiger partial charge on any atom is 0.107 e. The fraction of sp³-hybridized carbons (Fsp3) is 0.800. The van der Waals surface area contributed by atoms with Gasteiger partial charge in [0.15, 0.2) is 0 Å². The Hall–Kier alpha value is -0.480. The van der Waals surface area contributed by atoms with Gasteiger partial charge in [0, 0.05) is 5.92 Å². The Morgan fingerprint density at radius 1 is 1.18 bits per heavy atom. The van der Waals surface area contributed by atoms with Crippen molar-refractivity contribution < 1.29 is 4.74 Å². The van der Waals surface area contributed by atoms with E-state index in [0.717, 1.165) is 6.61 Å². The summed E-state index contributed by atoms with van der Waals surface area (Å²) in [6, 6.07) is 0. The number of ether oxygens (including phenoxy) is 1. The first kappa shape index (κ1) is 10.5. The summed E-state index contributed by atoms with van der Waals surface area (Å²) in [6.45, 7) is 9.82. The van der Waals surface area contributed by atoms with Gasteiger partial charge in [0.1, 0.15) is 6.61 Å². The zero-order valence-electron chi connectivity index (χ0n) is 7.98. The van der Waals surface area contributed by atoms with Gasteiger partial charge in [-0.15, -0.1) is 0 Å². The minimum Gasteiger partial charge on any atom is -0.369 e. The molecule has 1 nitrogen and oxygen atoms in total. The molecule has 0 saturated carbocycles. The van der Waals surface area contributed by atoms with E-state index in [4.69, 9.17) is 4.74 Å². The third-order valence-electron chi connectivity index (χ3n) is 1.02. The van der Waals surface area contributed by atoms with Gasteiger partial charge in [-0.3, -0.25) is 0 Å². The molecule has 0 N–H and O–H groups in total. The van der Waals surface area contributed by atoms with Gasteiger partial charge in [-0.1, -0.05) is 39.5 Å². The summed E-state index contributed by atoms with van der Waals surface area (Å²) in [5.74, 6) is 7.08. The van der Waals surface area contributed by atoms with E-state index in [2.05, 4.69) is 39.5 Å². The molecule has 0 rings (SSSR count). The SMILES string of the molecule is CC(C)C#CCOCC(C)C. The van der Waals surface area contributed by atoms with Crippen LogP contribution in [-0.4, -0.2) is 13.2 Å². The lowest BCUT2D eigenvalue weighted by Crippen LogP contribution is -2.01. The molecular weight excluding hydrogens is 136 g/mol. The lowest BCUT2D eigenvalue weighted by molar-refractivity contribution is 0.139. The second-order valence-corrected chi connectivity index (χ2v) is 3.38. The van der Waals surface area contributed by atoms with Crippen LogP contribution in [0.3, 0.4) is 0 Å². The van der Waals surface area contributed by atoms with Crippen LogP contribution in [0.15, 0.2) is 0 Å². The van der Waals surface area contributed by atoms with E-state index in [1.807, 2.05) is 0 Å². The molecule has 0 aromatic heterocycles. The van der Waals surface area contributed by atoms with Crippen LogP contribution in [0.4, 0.5) is 0 Å². The second-order valence-electron chi connectivity index (χ2n) is 3.38. The van der Waals surface area contributed by atoms with Crippen LogP contribution < -0.4 is 0 Å². The van der Waals surface area contributed by atoms with Crippen molar-refractivity contribution in [1.29, 1.82) is 0 Å². The predicted molar refractivity (Wildman–Crippen MR) is 48.3 cm³/mol. The summed E-state index contributed by atoms with van der Waals surface area (Å²) in [5, 5.41) is 0. The molecule has 0 aliphatic heterocycles. The molecule has 0 heterocycles. The van der Waals surface area contributed by atoms with Crippen molar-refractivity contribution in [3.8, 4) is 11.8 Å². The maximum absolute atomic E-state index is 5.27. The third-order valence-corrected chi connectivity index (χ3v) is 1.02. The molecule has 0 radical (unpaired) electrons. The zero-order valence-corrected chi connectivity index (χ0v) is 7.98. The van der Waals surface area contributed by atoms with Gasteiger partial charge in [0.05, 0.1) is 6.61 Å². The number of rotatable bonds is 3. The van der Waals surface area contributed by atoms with E-state index < -0.39 is 0 Å². The smallest absolute Gasteiger partial charge is 0.107 e. The highest BCUT2D eigenvalue weighted by Crippen LogP contribution is 1.91. The molecule has 0 aliphatic rings. The van der Waals surface area contributed by atoms with Crippen LogP contribution in [0.2, 0.25) is 0 Å². The van der Waals surface area contributed by atoms with Gasteiger partial charge in [-0.25, -0.2) is 0 Å². The Kier molecular flexibility index (Phi) is 5.97. The Morgan fingerprint density at radius 2 is 1.82 bits per heavy atom. The van der Waals surface area contributed by atoms with Crippen molar-refractivity contribution in [2.45, 2.75) is 27.7 Å². The van der Waals surface area contributed by atoms with Gasteiger partial charge in [-0.05, 0) is 5.92 Å². The predicted octanol–water partition coefficient (Wildman–Crippen LogP) is 2.32. The normalized spacial score (nSPS) is 10.0. The highest BCUT2D eigenvalue weighted by atomic mass is 16.5. The first-order valence-electron chi connectivity index (χ1n) is 4.19. The minimum atomic E-state index is 0.456. The summed E-state index contributed by atoms with van der Waals surface area (Å²) in [7, 11) is 0. The van der Waals surface area contributed by atoms with Crippen molar-refractivity contribution in [2.24, 2.45) is 11.8 Å². The van der Waals surface area contributed by atoms with Gasteiger partial charge in [0.2, 0.25) is 0 Å². The second kappa shape index (κ2) is 6.24. The number of hydrogen-bond acceptors (Lipinski definition) is 1. The van der Waals surface area contributed by atoms with Crippen molar-refractivity contribution in [3.63, 3.8) is 0 Å². The summed E-state index contributed by atoms with van der Waals surface area (Å²) in [4.78, 5) is 0. The first-order valence-corrected chi connectivity index (χ1v) is 4.19. The summed E-state index contributed by atoms with van der Waals surface area (Å²) in [6.07, 6.45) is 0. The highest BCUT2D eigenvalue weighted by Gasteiger charge is 1.90. The molecule has 0 unspecified atom stereocenters. The van der Waals surface area contributed by atoms with Gasteiger partial charge >= 0.3 is 0 Å². The molecule has 0 saturated heterocycles.